The number of para-hydroxylation sites is 2. The quantitative estimate of drug-likeness (QED) is 0.226. The Morgan fingerprint density at radius 1 is 1.00 bits per heavy atom. The third-order valence-electron chi connectivity index (χ3n) is 7.29. The van der Waals surface area contributed by atoms with Crippen LogP contribution < -0.4 is 5.32 Å². The molecule has 0 atom stereocenters. The topological polar surface area (TPSA) is 46.4 Å². The van der Waals surface area contributed by atoms with Crippen molar-refractivity contribution < 1.29 is 9.18 Å². The fourth-order valence-corrected chi connectivity index (χ4v) is 6.57. The van der Waals surface area contributed by atoms with Crippen LogP contribution in [0.2, 0.25) is 0 Å². The van der Waals surface area contributed by atoms with E-state index in [1.54, 1.807) is 17.4 Å². The Kier molecular flexibility index (Phi) is 6.64. The lowest BCUT2D eigenvalue weighted by Gasteiger charge is -2.12. The second kappa shape index (κ2) is 10.4. The molecule has 190 valence electrons. The Bertz CT molecular complexity index is 1670. The molecule has 0 saturated heterocycles. The Balaban J connectivity index is 1.40. The molecule has 0 saturated carbocycles. The fourth-order valence-electron chi connectivity index (χ4n) is 5.34. The Labute approximate surface area is 225 Å². The van der Waals surface area contributed by atoms with Gasteiger partial charge in [0.25, 0.3) is 5.91 Å². The summed E-state index contributed by atoms with van der Waals surface area (Å²) < 4.78 is 16.6. The average molecular weight is 522 g/mol. The van der Waals surface area contributed by atoms with Crippen LogP contribution in [0, 0.1) is 12.7 Å². The summed E-state index contributed by atoms with van der Waals surface area (Å²) in [6.07, 6.45) is 5.99. The smallest absolute Gasteiger partial charge is 0.259 e. The number of carbonyl (C=O) groups is 1. The molecule has 0 spiro atoms. The summed E-state index contributed by atoms with van der Waals surface area (Å²) in [4.78, 5) is 19.7. The molecule has 0 bridgehead atoms. The predicted octanol–water partition coefficient (Wildman–Crippen LogP) is 8.08. The number of amides is 1. The number of rotatable bonds is 6. The number of anilines is 1. The molecule has 2 heterocycles. The minimum atomic E-state index is -0.210. The van der Waals surface area contributed by atoms with Crippen LogP contribution in [0.15, 0.2) is 83.9 Å². The number of aliphatic imine (C=N–C) groups is 1. The number of carbonyl (C=O) groups excluding carboxylic acids is 1. The lowest BCUT2D eigenvalue weighted by molar-refractivity contribution is 0.102. The van der Waals surface area contributed by atoms with Crippen molar-refractivity contribution in [3.63, 3.8) is 0 Å². The van der Waals surface area contributed by atoms with Gasteiger partial charge in [0.15, 0.2) is 0 Å². The molecule has 3 aromatic carbocycles. The van der Waals surface area contributed by atoms with Crippen LogP contribution in [0.3, 0.4) is 0 Å². The maximum Gasteiger partial charge on any atom is 0.259 e. The van der Waals surface area contributed by atoms with Gasteiger partial charge in [0.1, 0.15) is 10.8 Å². The number of benzene rings is 3. The van der Waals surface area contributed by atoms with Gasteiger partial charge in [-0.15, -0.1) is 11.3 Å². The van der Waals surface area contributed by atoms with Crippen molar-refractivity contribution in [3.05, 3.63) is 118 Å². The number of hydrogen-bond donors (Lipinski definition) is 1. The summed E-state index contributed by atoms with van der Waals surface area (Å²) in [6.45, 7) is 2.48. The molecular formula is C32H28FN3OS. The van der Waals surface area contributed by atoms with E-state index in [9.17, 15) is 9.18 Å². The number of aryl methyl sites for hydroxylation is 1. The summed E-state index contributed by atoms with van der Waals surface area (Å²) in [6, 6.07) is 24.6. The number of nitrogens with zero attached hydrogens (tertiary/aromatic N) is 2. The molecule has 0 aliphatic heterocycles. The Morgan fingerprint density at radius 3 is 2.58 bits per heavy atom. The largest absolute Gasteiger partial charge is 0.340 e. The first-order chi connectivity index (χ1) is 18.6. The van der Waals surface area contributed by atoms with Crippen molar-refractivity contribution >= 4 is 45.0 Å². The third-order valence-corrected chi connectivity index (χ3v) is 8.49. The molecule has 1 amide bonds. The summed E-state index contributed by atoms with van der Waals surface area (Å²) in [5.74, 6) is -0.320. The van der Waals surface area contributed by atoms with Gasteiger partial charge < -0.3 is 9.88 Å². The maximum absolute atomic E-state index is 14.5. The van der Waals surface area contributed by atoms with Crippen molar-refractivity contribution in [1.82, 2.24) is 4.57 Å². The van der Waals surface area contributed by atoms with Crippen LogP contribution in [0.1, 0.15) is 50.5 Å². The van der Waals surface area contributed by atoms with Crippen molar-refractivity contribution in [2.24, 2.45) is 4.99 Å². The first kappa shape index (κ1) is 24.3. The zero-order valence-electron chi connectivity index (χ0n) is 21.2. The van der Waals surface area contributed by atoms with E-state index in [4.69, 9.17) is 4.99 Å². The zero-order chi connectivity index (χ0) is 26.1. The van der Waals surface area contributed by atoms with E-state index in [0.717, 1.165) is 64.1 Å². The van der Waals surface area contributed by atoms with Gasteiger partial charge in [-0.3, -0.25) is 4.79 Å². The van der Waals surface area contributed by atoms with E-state index in [1.165, 1.54) is 10.9 Å². The highest BCUT2D eigenvalue weighted by atomic mass is 32.1. The molecule has 2 aromatic heterocycles. The Morgan fingerprint density at radius 2 is 1.74 bits per heavy atom. The number of nitrogens with one attached hydrogen (secondary N) is 1. The SMILES string of the molecule is Cc1c(C=Nc2sc3c(c2C(=O)Nc2ccccc2)CCCC3)c2ccccc2n1Cc1ccccc1F. The minimum absolute atomic E-state index is 0.110. The number of aromatic nitrogens is 1. The number of thiophene rings is 1. The third kappa shape index (κ3) is 4.56. The molecule has 6 rings (SSSR count). The van der Waals surface area contributed by atoms with Crippen molar-refractivity contribution in [1.29, 1.82) is 0 Å². The van der Waals surface area contributed by atoms with Gasteiger partial charge in [-0.2, -0.15) is 0 Å². The summed E-state index contributed by atoms with van der Waals surface area (Å²) in [5, 5.41) is 4.87. The summed E-state index contributed by atoms with van der Waals surface area (Å²) >= 11 is 1.63. The van der Waals surface area contributed by atoms with Crippen molar-refractivity contribution in [2.75, 3.05) is 5.32 Å². The van der Waals surface area contributed by atoms with Crippen LogP contribution in [-0.2, 0) is 19.4 Å². The van der Waals surface area contributed by atoms with E-state index in [-0.39, 0.29) is 11.7 Å². The van der Waals surface area contributed by atoms with E-state index >= 15 is 0 Å². The van der Waals surface area contributed by atoms with Gasteiger partial charge in [-0.1, -0.05) is 54.6 Å². The highest BCUT2D eigenvalue weighted by Gasteiger charge is 2.25. The molecule has 0 unspecified atom stereocenters. The molecule has 0 fully saturated rings. The molecule has 4 nitrogen and oxygen atoms in total. The lowest BCUT2D eigenvalue weighted by atomic mass is 9.95. The zero-order valence-corrected chi connectivity index (χ0v) is 22.0. The van der Waals surface area contributed by atoms with Crippen LogP contribution in [-0.4, -0.2) is 16.7 Å². The van der Waals surface area contributed by atoms with Gasteiger partial charge >= 0.3 is 0 Å². The van der Waals surface area contributed by atoms with Crippen LogP contribution in [0.4, 0.5) is 15.1 Å². The monoisotopic (exact) mass is 521 g/mol. The Hall–Kier alpha value is -4.03. The number of fused-ring (bicyclic) bond motifs is 2. The van der Waals surface area contributed by atoms with Gasteiger partial charge in [0, 0.05) is 44.5 Å². The van der Waals surface area contributed by atoms with Gasteiger partial charge in [-0.25, -0.2) is 9.38 Å². The highest BCUT2D eigenvalue weighted by Crippen LogP contribution is 2.40. The van der Waals surface area contributed by atoms with Crippen molar-refractivity contribution in [3.8, 4) is 0 Å². The van der Waals surface area contributed by atoms with E-state index in [0.29, 0.717) is 17.7 Å². The second-order valence-electron chi connectivity index (χ2n) is 9.66. The van der Waals surface area contributed by atoms with Gasteiger partial charge in [-0.05, 0) is 62.4 Å². The van der Waals surface area contributed by atoms with E-state index in [1.807, 2.05) is 67.7 Å². The highest BCUT2D eigenvalue weighted by molar-refractivity contribution is 7.16. The maximum atomic E-state index is 14.5. The first-order valence-electron chi connectivity index (χ1n) is 13.0. The average Bonchev–Trinajstić information content (AvgIpc) is 3.44. The van der Waals surface area contributed by atoms with E-state index < -0.39 is 0 Å². The van der Waals surface area contributed by atoms with Gasteiger partial charge in [0.2, 0.25) is 0 Å². The molecular weight excluding hydrogens is 493 g/mol. The molecule has 1 aliphatic rings. The second-order valence-corrected chi connectivity index (χ2v) is 10.7. The van der Waals surface area contributed by atoms with Crippen LogP contribution in [0.5, 0.6) is 0 Å². The normalized spacial score (nSPS) is 13.2. The minimum Gasteiger partial charge on any atom is -0.340 e. The van der Waals surface area contributed by atoms with Crippen LogP contribution >= 0.6 is 11.3 Å². The summed E-state index contributed by atoms with van der Waals surface area (Å²) in [7, 11) is 0. The molecule has 1 aliphatic carbocycles. The fraction of sp³-hybridized carbons (Fsp3) is 0.188. The molecule has 1 N–H and O–H groups in total. The summed E-state index contributed by atoms with van der Waals surface area (Å²) in [5.41, 5.74) is 6.27. The lowest BCUT2D eigenvalue weighted by Crippen LogP contribution is -2.14. The standard InChI is InChI=1S/C32H28FN3OS/c1-21-26(24-14-6-9-17-28(24)36(21)20-22-11-5-8-16-27(22)33)19-34-32-30(25-15-7-10-18-29(25)38-32)31(37)35-23-12-3-2-4-13-23/h2-6,8-9,11-14,16-17,19H,7,10,15,18,20H2,1H3,(H,35,37). The van der Waals surface area contributed by atoms with E-state index in [2.05, 4.69) is 22.0 Å². The first-order valence-corrected chi connectivity index (χ1v) is 13.8. The van der Waals surface area contributed by atoms with Crippen molar-refractivity contribution in [2.45, 2.75) is 39.2 Å². The van der Waals surface area contributed by atoms with Crippen LogP contribution in [0.25, 0.3) is 10.9 Å². The molecule has 38 heavy (non-hydrogen) atoms. The number of halogens is 1. The predicted molar refractivity (Wildman–Crippen MR) is 155 cm³/mol. The van der Waals surface area contributed by atoms with Gasteiger partial charge in [0.05, 0.1) is 12.1 Å². The molecule has 6 heteroatoms. The molecule has 5 aromatic rings. The molecule has 0 radical (unpaired) electrons. The number of hydrogen-bond acceptors (Lipinski definition) is 3.